The van der Waals surface area contributed by atoms with E-state index in [2.05, 4.69) is 34.9 Å². The molecule has 2 aromatic carbocycles. The number of benzene rings is 2. The molecule has 0 bridgehead atoms. The Balaban J connectivity index is 1.70. The zero-order valence-corrected chi connectivity index (χ0v) is 18.9. The summed E-state index contributed by atoms with van der Waals surface area (Å²) < 4.78 is 5.34. The second kappa shape index (κ2) is 10.9. The highest BCUT2D eigenvalue weighted by atomic mass is 32.1. The van der Waals surface area contributed by atoms with Gasteiger partial charge in [-0.05, 0) is 50.0 Å². The van der Waals surface area contributed by atoms with Crippen molar-refractivity contribution >= 4 is 39.6 Å². The van der Waals surface area contributed by atoms with Gasteiger partial charge in [0.2, 0.25) is 0 Å². The van der Waals surface area contributed by atoms with Crippen LogP contribution in [-0.2, 0) is 11.2 Å². The molecule has 1 aromatic heterocycles. The minimum absolute atomic E-state index is 0.323. The maximum atomic E-state index is 12.8. The second-order valence-corrected chi connectivity index (χ2v) is 8.43. The fourth-order valence-corrected chi connectivity index (χ4v) is 4.61. The van der Waals surface area contributed by atoms with Crippen molar-refractivity contribution in [2.75, 3.05) is 18.5 Å². The fraction of sp³-hybridized carbons (Fsp3) is 0.250. The van der Waals surface area contributed by atoms with E-state index < -0.39 is 0 Å². The smallest absolute Gasteiger partial charge is 0.341 e. The quantitative estimate of drug-likeness (QED) is 0.264. The molecule has 0 aliphatic rings. The first-order valence-corrected chi connectivity index (χ1v) is 11.3. The average molecular weight is 439 g/mol. The molecule has 0 amide bonds. The number of carbonyl (C=O) groups is 1. The number of carbonyl (C=O) groups excluding carboxylic acids is 1. The maximum Gasteiger partial charge on any atom is 0.341 e. The number of hydrogen-bond acceptors (Lipinski definition) is 4. The minimum atomic E-state index is -0.338. The lowest BCUT2D eigenvalue weighted by atomic mass is 10.0. The molecule has 0 saturated carbocycles. The molecule has 30 heavy (non-hydrogen) atoms. The van der Waals surface area contributed by atoms with Gasteiger partial charge in [-0.25, -0.2) is 4.79 Å². The molecule has 3 rings (SSSR count). The van der Waals surface area contributed by atoms with Crippen LogP contribution >= 0.6 is 23.6 Å². The van der Waals surface area contributed by atoms with E-state index in [0.29, 0.717) is 22.3 Å². The van der Waals surface area contributed by atoms with Crippen LogP contribution in [0.15, 0.2) is 60.7 Å². The number of rotatable bonds is 8. The maximum absolute atomic E-state index is 12.8. The van der Waals surface area contributed by atoms with Gasteiger partial charge in [0, 0.05) is 17.0 Å². The first kappa shape index (κ1) is 22.0. The van der Waals surface area contributed by atoms with Gasteiger partial charge in [-0.15, -0.1) is 11.3 Å². The van der Waals surface area contributed by atoms with E-state index >= 15 is 0 Å². The first-order chi connectivity index (χ1) is 14.6. The van der Waals surface area contributed by atoms with E-state index in [4.69, 9.17) is 17.0 Å². The van der Waals surface area contributed by atoms with E-state index in [1.165, 1.54) is 16.9 Å². The Hall–Kier alpha value is -2.70. The predicted molar refractivity (Wildman–Crippen MR) is 129 cm³/mol. The SMILES string of the molecule is CCOC(=O)c1c(NC(=S)NCCCc2ccccc2)sc(C)c1-c1ccccc1. The van der Waals surface area contributed by atoms with Crippen LogP contribution in [0.4, 0.5) is 5.00 Å². The van der Waals surface area contributed by atoms with Gasteiger partial charge < -0.3 is 15.4 Å². The van der Waals surface area contributed by atoms with E-state index in [0.717, 1.165) is 35.4 Å². The van der Waals surface area contributed by atoms with Crippen LogP contribution in [0.3, 0.4) is 0 Å². The monoisotopic (exact) mass is 438 g/mol. The van der Waals surface area contributed by atoms with Crippen molar-refractivity contribution in [1.29, 1.82) is 0 Å². The van der Waals surface area contributed by atoms with Gasteiger partial charge in [0.1, 0.15) is 10.6 Å². The number of aryl methyl sites for hydroxylation is 2. The number of ether oxygens (including phenoxy) is 1. The van der Waals surface area contributed by atoms with Gasteiger partial charge in [-0.1, -0.05) is 60.7 Å². The Morgan fingerprint density at radius 1 is 1.07 bits per heavy atom. The Bertz CT molecular complexity index is 985. The Morgan fingerprint density at radius 2 is 1.73 bits per heavy atom. The number of nitrogens with one attached hydrogen (secondary N) is 2. The van der Waals surface area contributed by atoms with E-state index in [-0.39, 0.29) is 5.97 Å². The molecule has 0 spiro atoms. The van der Waals surface area contributed by atoms with Gasteiger partial charge in [-0.3, -0.25) is 0 Å². The minimum Gasteiger partial charge on any atom is -0.462 e. The highest BCUT2D eigenvalue weighted by Gasteiger charge is 2.24. The highest BCUT2D eigenvalue weighted by Crippen LogP contribution is 2.40. The van der Waals surface area contributed by atoms with Crippen LogP contribution in [-0.4, -0.2) is 24.2 Å². The van der Waals surface area contributed by atoms with Crippen molar-refractivity contribution in [3.05, 3.63) is 76.7 Å². The predicted octanol–water partition coefficient (Wildman–Crippen LogP) is 5.82. The molecular weight excluding hydrogens is 412 g/mol. The van der Waals surface area contributed by atoms with Crippen LogP contribution in [0.25, 0.3) is 11.1 Å². The molecule has 0 unspecified atom stereocenters. The Kier molecular flexibility index (Phi) is 7.99. The van der Waals surface area contributed by atoms with Crippen LogP contribution in [0.2, 0.25) is 0 Å². The van der Waals surface area contributed by atoms with Gasteiger partial charge in [0.25, 0.3) is 0 Å². The molecule has 6 heteroatoms. The van der Waals surface area contributed by atoms with Gasteiger partial charge in [-0.2, -0.15) is 0 Å². The van der Waals surface area contributed by atoms with E-state index in [1.54, 1.807) is 0 Å². The topological polar surface area (TPSA) is 50.4 Å². The zero-order chi connectivity index (χ0) is 21.3. The summed E-state index contributed by atoms with van der Waals surface area (Å²) in [7, 11) is 0. The van der Waals surface area contributed by atoms with Crippen molar-refractivity contribution in [1.82, 2.24) is 5.32 Å². The summed E-state index contributed by atoms with van der Waals surface area (Å²) in [4.78, 5) is 13.8. The van der Waals surface area contributed by atoms with Crippen LogP contribution < -0.4 is 10.6 Å². The molecule has 3 aromatic rings. The van der Waals surface area contributed by atoms with Crippen molar-refractivity contribution in [2.45, 2.75) is 26.7 Å². The number of esters is 1. The third-order valence-electron chi connectivity index (χ3n) is 4.62. The summed E-state index contributed by atoms with van der Waals surface area (Å²) in [5, 5.41) is 7.68. The van der Waals surface area contributed by atoms with Gasteiger partial charge >= 0.3 is 5.97 Å². The molecular formula is C24H26N2O2S2. The molecule has 0 fully saturated rings. The molecule has 0 saturated heterocycles. The second-order valence-electron chi connectivity index (χ2n) is 6.79. The Labute approximate surface area is 187 Å². The lowest BCUT2D eigenvalue weighted by Crippen LogP contribution is -2.29. The average Bonchev–Trinajstić information content (AvgIpc) is 3.08. The molecule has 4 nitrogen and oxygen atoms in total. The van der Waals surface area contributed by atoms with Crippen molar-refractivity contribution in [2.24, 2.45) is 0 Å². The number of anilines is 1. The van der Waals surface area contributed by atoms with Crippen molar-refractivity contribution < 1.29 is 9.53 Å². The molecule has 0 atom stereocenters. The molecule has 0 radical (unpaired) electrons. The molecule has 2 N–H and O–H groups in total. The van der Waals surface area contributed by atoms with Crippen molar-refractivity contribution in [3.8, 4) is 11.1 Å². The molecule has 1 heterocycles. The number of thiophene rings is 1. The summed E-state index contributed by atoms with van der Waals surface area (Å²) in [6, 6.07) is 20.3. The van der Waals surface area contributed by atoms with E-state index in [9.17, 15) is 4.79 Å². The third kappa shape index (κ3) is 5.68. The summed E-state index contributed by atoms with van der Waals surface area (Å²) in [5.74, 6) is -0.338. The fourth-order valence-electron chi connectivity index (χ4n) is 3.27. The number of hydrogen-bond donors (Lipinski definition) is 2. The van der Waals surface area contributed by atoms with Gasteiger partial charge in [0.15, 0.2) is 5.11 Å². The highest BCUT2D eigenvalue weighted by molar-refractivity contribution is 7.80. The lowest BCUT2D eigenvalue weighted by Gasteiger charge is -2.12. The normalized spacial score (nSPS) is 10.5. The molecule has 156 valence electrons. The first-order valence-electron chi connectivity index (χ1n) is 10.0. The molecule has 0 aliphatic heterocycles. The van der Waals surface area contributed by atoms with Crippen molar-refractivity contribution in [3.63, 3.8) is 0 Å². The standard InChI is InChI=1S/C24H26N2O2S2/c1-3-28-23(27)21-20(19-14-8-5-9-15-19)17(2)30-22(21)26-24(29)25-16-10-13-18-11-6-4-7-12-18/h4-9,11-12,14-15H,3,10,13,16H2,1-2H3,(H2,25,26,29). The lowest BCUT2D eigenvalue weighted by molar-refractivity contribution is 0.0529. The largest absolute Gasteiger partial charge is 0.462 e. The van der Waals surface area contributed by atoms with Crippen LogP contribution in [0.1, 0.15) is 34.1 Å². The zero-order valence-electron chi connectivity index (χ0n) is 17.2. The third-order valence-corrected chi connectivity index (χ3v) is 5.89. The Morgan fingerprint density at radius 3 is 2.40 bits per heavy atom. The summed E-state index contributed by atoms with van der Waals surface area (Å²) in [6.45, 7) is 4.90. The van der Waals surface area contributed by atoms with Crippen LogP contribution in [0.5, 0.6) is 0 Å². The van der Waals surface area contributed by atoms with E-state index in [1.807, 2.05) is 50.2 Å². The summed E-state index contributed by atoms with van der Waals surface area (Å²) in [6.07, 6.45) is 1.95. The van der Waals surface area contributed by atoms with Gasteiger partial charge in [0.05, 0.1) is 6.61 Å². The summed E-state index contributed by atoms with van der Waals surface area (Å²) >= 11 is 6.99. The molecule has 0 aliphatic carbocycles. The summed E-state index contributed by atoms with van der Waals surface area (Å²) in [5.41, 5.74) is 3.74. The van der Waals surface area contributed by atoms with Crippen LogP contribution in [0, 0.1) is 6.92 Å². The number of thiocarbonyl (C=S) groups is 1.